The topological polar surface area (TPSA) is 71.1 Å². The number of carbonyl (C=O) groups is 2. The molecular weight excluding hydrogens is 580 g/mol. The van der Waals surface area contributed by atoms with Gasteiger partial charge in [-0.05, 0) is 72.8 Å². The van der Waals surface area contributed by atoms with Crippen LogP contribution in [0.4, 0.5) is 0 Å². The molecule has 234 valence electrons. The van der Waals surface area contributed by atoms with Crippen molar-refractivity contribution in [2.45, 2.75) is 31.0 Å². The van der Waals surface area contributed by atoms with E-state index in [4.69, 9.17) is 18.6 Å². The molecule has 0 aliphatic heterocycles. The van der Waals surface area contributed by atoms with Gasteiger partial charge in [-0.1, -0.05) is 60.7 Å². The van der Waals surface area contributed by atoms with Crippen LogP contribution in [0.3, 0.4) is 0 Å². The molecule has 45 heavy (non-hydrogen) atoms. The summed E-state index contributed by atoms with van der Waals surface area (Å²) in [7, 11) is 1.67. The van der Waals surface area contributed by atoms with Crippen molar-refractivity contribution < 1.29 is 28.2 Å². The highest BCUT2D eigenvalue weighted by Crippen LogP contribution is 2.59. The summed E-state index contributed by atoms with van der Waals surface area (Å²) in [6.07, 6.45) is 0. The lowest BCUT2D eigenvalue weighted by Gasteiger charge is -2.51. The molecule has 0 N–H and O–H groups in total. The van der Waals surface area contributed by atoms with E-state index in [1.807, 2.05) is 109 Å². The first-order chi connectivity index (χ1) is 21.8. The maximum Gasteiger partial charge on any atom is 0.189 e. The van der Waals surface area contributed by atoms with Crippen LogP contribution in [0, 0.1) is 11.8 Å². The molecule has 5 rings (SSSR count). The third kappa shape index (κ3) is 7.61. The highest BCUT2D eigenvalue weighted by Gasteiger charge is 2.57. The van der Waals surface area contributed by atoms with Crippen LogP contribution in [-0.4, -0.2) is 53.9 Å². The van der Waals surface area contributed by atoms with Gasteiger partial charge >= 0.3 is 0 Å². The fraction of sp³-hybridized carbons (Fsp3) is 0.316. The van der Waals surface area contributed by atoms with Crippen molar-refractivity contribution in [2.24, 2.45) is 11.8 Å². The fourth-order valence-electron chi connectivity index (χ4n) is 6.16. The first-order valence-corrected chi connectivity index (χ1v) is 18.6. The molecule has 0 amide bonds. The van der Waals surface area contributed by atoms with Gasteiger partial charge in [-0.3, -0.25) is 9.59 Å². The molecule has 1 fully saturated rings. The lowest BCUT2D eigenvalue weighted by molar-refractivity contribution is 0.0489. The van der Waals surface area contributed by atoms with Crippen molar-refractivity contribution >= 4 is 19.9 Å². The number of ether oxygens (including phenoxy) is 3. The van der Waals surface area contributed by atoms with E-state index in [0.717, 1.165) is 22.9 Å². The Morgan fingerprint density at radius 3 is 1.40 bits per heavy atom. The lowest BCUT2D eigenvalue weighted by atomic mass is 9.49. The van der Waals surface area contributed by atoms with E-state index in [-0.39, 0.29) is 23.4 Å². The van der Waals surface area contributed by atoms with Gasteiger partial charge in [0.15, 0.2) is 19.9 Å². The standard InChI is InChI=1S/C38H42O6Si/c1-41-23-24-43-31-19-15-29(16-20-31)37(39)35-33(27-11-7-5-8-12-27)36(34(35)28-13-9-6-10-14-28)38(40)30-17-21-32(22-18-30)44-25-26-45(3,4)42-2/h5-22,33-36H,23-26H2,1-4H3. The number of methoxy groups -OCH3 is 1. The van der Waals surface area contributed by atoms with Gasteiger partial charge in [0.25, 0.3) is 0 Å². The van der Waals surface area contributed by atoms with Gasteiger partial charge in [0.05, 0.1) is 13.2 Å². The summed E-state index contributed by atoms with van der Waals surface area (Å²) >= 11 is 0. The number of Topliss-reactive ketones (excluding diaryl/α,β-unsaturated/α-hetero) is 2. The summed E-state index contributed by atoms with van der Waals surface area (Å²) in [5.41, 5.74) is 3.20. The van der Waals surface area contributed by atoms with Gasteiger partial charge in [0.2, 0.25) is 0 Å². The molecule has 0 spiro atoms. The Balaban J connectivity index is 1.44. The zero-order valence-corrected chi connectivity index (χ0v) is 27.5. The molecule has 7 heteroatoms. The second-order valence-electron chi connectivity index (χ2n) is 12.1. The van der Waals surface area contributed by atoms with Crippen LogP contribution in [0.5, 0.6) is 11.5 Å². The predicted molar refractivity (Wildman–Crippen MR) is 179 cm³/mol. The van der Waals surface area contributed by atoms with Crippen LogP contribution in [0.1, 0.15) is 43.7 Å². The second-order valence-corrected chi connectivity index (χ2v) is 16.5. The minimum Gasteiger partial charge on any atom is -0.494 e. The molecule has 4 aromatic rings. The average molecular weight is 623 g/mol. The van der Waals surface area contributed by atoms with E-state index in [1.165, 1.54) is 0 Å². The quantitative estimate of drug-likeness (QED) is 0.0765. The van der Waals surface area contributed by atoms with Gasteiger partial charge < -0.3 is 18.6 Å². The third-order valence-corrected chi connectivity index (χ3v) is 11.4. The van der Waals surface area contributed by atoms with Gasteiger partial charge in [0.1, 0.15) is 18.1 Å². The van der Waals surface area contributed by atoms with Crippen molar-refractivity contribution in [3.05, 3.63) is 131 Å². The van der Waals surface area contributed by atoms with Crippen LogP contribution in [0.2, 0.25) is 19.1 Å². The minimum absolute atomic E-state index is 0.0245. The number of hydrogen-bond acceptors (Lipinski definition) is 6. The summed E-state index contributed by atoms with van der Waals surface area (Å²) < 4.78 is 22.4. The van der Waals surface area contributed by atoms with E-state index < -0.39 is 20.2 Å². The molecule has 2 atom stereocenters. The van der Waals surface area contributed by atoms with Crippen LogP contribution >= 0.6 is 0 Å². The van der Waals surface area contributed by atoms with E-state index >= 15 is 0 Å². The van der Waals surface area contributed by atoms with Crippen molar-refractivity contribution in [1.29, 1.82) is 0 Å². The van der Waals surface area contributed by atoms with Crippen molar-refractivity contribution in [1.82, 2.24) is 0 Å². The van der Waals surface area contributed by atoms with Gasteiger partial charge in [0, 0.05) is 55.1 Å². The van der Waals surface area contributed by atoms with Crippen LogP contribution in [0.15, 0.2) is 109 Å². The Labute approximate surface area is 267 Å². The molecule has 0 radical (unpaired) electrons. The Hall–Kier alpha value is -4.04. The predicted octanol–water partition coefficient (Wildman–Crippen LogP) is 7.82. The SMILES string of the molecule is COCCOc1ccc(C(=O)C2C(c3ccccc3)C(C(=O)c3ccc(OCC[Si](C)(C)OC)cc3)C2c2ccccc2)cc1. The van der Waals surface area contributed by atoms with Gasteiger partial charge in [-0.15, -0.1) is 0 Å². The summed E-state index contributed by atoms with van der Waals surface area (Å²) in [6.45, 7) is 5.81. The van der Waals surface area contributed by atoms with E-state index in [1.54, 1.807) is 14.2 Å². The summed E-state index contributed by atoms with van der Waals surface area (Å²) in [6, 6.07) is 35.5. The normalized spacial score (nSPS) is 19.4. The van der Waals surface area contributed by atoms with Crippen molar-refractivity contribution in [3.63, 3.8) is 0 Å². The zero-order chi connectivity index (χ0) is 31.8. The van der Waals surface area contributed by atoms with E-state index in [9.17, 15) is 9.59 Å². The summed E-state index contributed by atoms with van der Waals surface area (Å²) in [5, 5.41) is 0. The highest BCUT2D eigenvalue weighted by atomic mass is 28.4. The van der Waals surface area contributed by atoms with Gasteiger partial charge in [-0.25, -0.2) is 0 Å². The van der Waals surface area contributed by atoms with Crippen LogP contribution < -0.4 is 9.47 Å². The summed E-state index contributed by atoms with van der Waals surface area (Å²) in [4.78, 5) is 28.7. The second kappa shape index (κ2) is 14.8. The van der Waals surface area contributed by atoms with Gasteiger partial charge in [-0.2, -0.15) is 0 Å². The van der Waals surface area contributed by atoms with E-state index in [2.05, 4.69) is 13.1 Å². The molecule has 2 unspecified atom stereocenters. The monoisotopic (exact) mass is 622 g/mol. The molecule has 6 nitrogen and oxygen atoms in total. The molecule has 1 aliphatic rings. The van der Waals surface area contributed by atoms with Crippen LogP contribution in [-0.2, 0) is 9.16 Å². The Morgan fingerprint density at radius 1 is 0.578 bits per heavy atom. The highest BCUT2D eigenvalue weighted by molar-refractivity contribution is 6.71. The molecule has 0 heterocycles. The fourth-order valence-corrected chi connectivity index (χ4v) is 6.95. The largest absolute Gasteiger partial charge is 0.494 e. The molecule has 0 bridgehead atoms. The first-order valence-electron chi connectivity index (χ1n) is 15.5. The van der Waals surface area contributed by atoms with Crippen molar-refractivity contribution in [3.8, 4) is 11.5 Å². The Morgan fingerprint density at radius 2 is 1.00 bits per heavy atom. The molecule has 1 saturated carbocycles. The average Bonchev–Trinajstić information content (AvgIpc) is 3.06. The number of ketones is 2. The Kier molecular flexibility index (Phi) is 10.7. The lowest BCUT2D eigenvalue weighted by Crippen LogP contribution is -2.51. The number of benzene rings is 4. The smallest absolute Gasteiger partial charge is 0.189 e. The maximum absolute atomic E-state index is 14.4. The maximum atomic E-state index is 14.4. The number of carbonyl (C=O) groups excluding carboxylic acids is 2. The number of rotatable bonds is 15. The van der Waals surface area contributed by atoms with Crippen LogP contribution in [0.25, 0.3) is 0 Å². The van der Waals surface area contributed by atoms with E-state index in [0.29, 0.717) is 36.7 Å². The Bertz CT molecular complexity index is 1490. The first kappa shape index (κ1) is 32.4. The molecule has 0 saturated heterocycles. The molecule has 4 aromatic carbocycles. The van der Waals surface area contributed by atoms with Crippen molar-refractivity contribution in [2.75, 3.05) is 34.0 Å². The number of hydrogen-bond donors (Lipinski definition) is 0. The zero-order valence-electron chi connectivity index (χ0n) is 26.5. The molecular formula is C38H42O6Si. The molecule has 0 aromatic heterocycles. The third-order valence-electron chi connectivity index (χ3n) is 8.88. The summed E-state index contributed by atoms with van der Waals surface area (Å²) in [5.74, 6) is 0.113. The molecule has 1 aliphatic carbocycles. The minimum atomic E-state index is -1.72.